The molecule has 2 heterocycles. The summed E-state index contributed by atoms with van der Waals surface area (Å²) in [7, 11) is -3.23. The molecule has 1 aromatic carbocycles. The second-order valence-electron chi connectivity index (χ2n) is 7.03. The van der Waals surface area contributed by atoms with Crippen LogP contribution in [0.15, 0.2) is 41.4 Å². The Morgan fingerprint density at radius 3 is 2.62 bits per heavy atom. The highest BCUT2D eigenvalue weighted by Crippen LogP contribution is 2.25. The first kappa shape index (κ1) is 21.3. The summed E-state index contributed by atoms with van der Waals surface area (Å²) in [4.78, 5) is 9.23. The minimum absolute atomic E-state index is 0.156. The Hall–Kier alpha value is -2.45. The fourth-order valence-corrected chi connectivity index (χ4v) is 4.79. The van der Waals surface area contributed by atoms with E-state index < -0.39 is 9.84 Å². The van der Waals surface area contributed by atoms with Gasteiger partial charge in [0.2, 0.25) is 0 Å². The number of ether oxygens (including phenoxy) is 1. The largest absolute Gasteiger partial charge is 0.382 e. The van der Waals surface area contributed by atoms with Crippen LogP contribution in [0, 0.1) is 6.92 Å². The summed E-state index contributed by atoms with van der Waals surface area (Å²) in [5.74, 6) is 1.39. The van der Waals surface area contributed by atoms with Gasteiger partial charge in [-0.05, 0) is 44.4 Å². The molecule has 0 spiro atoms. The summed E-state index contributed by atoms with van der Waals surface area (Å²) >= 11 is 0. The molecule has 7 nitrogen and oxygen atoms in total. The Kier molecular flexibility index (Phi) is 6.87. The summed E-state index contributed by atoms with van der Waals surface area (Å²) in [6.45, 7) is 5.68. The zero-order valence-electron chi connectivity index (χ0n) is 17.0. The first-order valence-electron chi connectivity index (χ1n) is 9.89. The van der Waals surface area contributed by atoms with Gasteiger partial charge in [-0.25, -0.2) is 18.4 Å². The smallest absolute Gasteiger partial charge is 0.178 e. The molecule has 2 aromatic heterocycles. The highest BCUT2D eigenvalue weighted by Gasteiger charge is 2.16. The Morgan fingerprint density at radius 1 is 1.14 bits per heavy atom. The summed E-state index contributed by atoms with van der Waals surface area (Å²) in [6.07, 6.45) is 4.02. The zero-order valence-corrected chi connectivity index (χ0v) is 17.8. The number of nitrogens with two attached hydrogens (primary N) is 1. The van der Waals surface area contributed by atoms with Gasteiger partial charge in [0.15, 0.2) is 15.7 Å². The van der Waals surface area contributed by atoms with E-state index in [9.17, 15) is 8.42 Å². The van der Waals surface area contributed by atoms with Crippen molar-refractivity contribution in [3.8, 4) is 0 Å². The molecule has 0 amide bonds. The van der Waals surface area contributed by atoms with Crippen LogP contribution in [0.1, 0.15) is 37.6 Å². The van der Waals surface area contributed by atoms with Gasteiger partial charge in [-0.15, -0.1) is 0 Å². The Morgan fingerprint density at radius 2 is 1.90 bits per heavy atom. The Bertz CT molecular complexity index is 1060. The van der Waals surface area contributed by atoms with Crippen molar-refractivity contribution in [3.05, 3.63) is 47.9 Å². The third-order valence-electron chi connectivity index (χ3n) is 4.89. The van der Waals surface area contributed by atoms with Gasteiger partial charge in [-0.1, -0.05) is 24.6 Å². The molecule has 0 aliphatic rings. The number of aryl methyl sites for hydroxylation is 2. The van der Waals surface area contributed by atoms with Crippen molar-refractivity contribution in [3.63, 3.8) is 0 Å². The standard InChI is InChI=1S/C21H28N4O3S/c1-3-28-15-18-24-19-20(16(2)14-23-21(19)22)25(18)12-8-5-9-13-29(26,27)17-10-6-4-7-11-17/h4,6-7,10-11,14H,3,5,8-9,12-13,15H2,1-2H3,(H2,22,23). The van der Waals surface area contributed by atoms with Crippen LogP contribution in [0.5, 0.6) is 0 Å². The second-order valence-corrected chi connectivity index (χ2v) is 9.14. The molecule has 2 N–H and O–H groups in total. The third kappa shape index (κ3) is 4.94. The molecule has 8 heteroatoms. The van der Waals surface area contributed by atoms with E-state index in [2.05, 4.69) is 14.5 Å². The summed E-state index contributed by atoms with van der Waals surface area (Å²) in [6, 6.07) is 8.61. The molecular formula is C21H28N4O3S. The number of hydrogen-bond acceptors (Lipinski definition) is 6. The summed E-state index contributed by atoms with van der Waals surface area (Å²) in [5.41, 5.74) is 8.71. The number of pyridine rings is 1. The molecule has 0 radical (unpaired) electrons. The maximum Gasteiger partial charge on any atom is 0.178 e. The van der Waals surface area contributed by atoms with Crippen LogP contribution in [-0.4, -0.2) is 35.3 Å². The van der Waals surface area contributed by atoms with Crippen molar-refractivity contribution < 1.29 is 13.2 Å². The van der Waals surface area contributed by atoms with Crippen molar-refractivity contribution in [2.75, 3.05) is 18.1 Å². The lowest BCUT2D eigenvalue weighted by Gasteiger charge is -2.11. The van der Waals surface area contributed by atoms with Crippen LogP contribution in [-0.2, 0) is 27.7 Å². The highest BCUT2D eigenvalue weighted by atomic mass is 32.2. The average molecular weight is 417 g/mol. The number of fused-ring (bicyclic) bond motifs is 1. The van der Waals surface area contributed by atoms with Crippen molar-refractivity contribution in [2.24, 2.45) is 0 Å². The highest BCUT2D eigenvalue weighted by molar-refractivity contribution is 7.91. The SMILES string of the molecule is CCOCc1nc2c(N)ncc(C)c2n1CCCCCS(=O)(=O)c1ccccc1. The number of aromatic nitrogens is 3. The zero-order chi connectivity index (χ0) is 20.9. The summed E-state index contributed by atoms with van der Waals surface area (Å²) in [5, 5.41) is 0. The van der Waals surface area contributed by atoms with E-state index in [4.69, 9.17) is 10.5 Å². The third-order valence-corrected chi connectivity index (χ3v) is 6.71. The lowest BCUT2D eigenvalue weighted by Crippen LogP contribution is -2.09. The number of imidazole rings is 1. The molecule has 0 saturated heterocycles. The van der Waals surface area contributed by atoms with E-state index in [0.29, 0.717) is 35.9 Å². The van der Waals surface area contributed by atoms with Crippen LogP contribution in [0.2, 0.25) is 0 Å². The molecule has 156 valence electrons. The minimum Gasteiger partial charge on any atom is -0.382 e. The molecule has 29 heavy (non-hydrogen) atoms. The molecular weight excluding hydrogens is 388 g/mol. The average Bonchev–Trinajstić information content (AvgIpc) is 3.09. The molecule has 3 aromatic rings. The molecule has 0 aliphatic heterocycles. The normalized spacial score (nSPS) is 11.9. The minimum atomic E-state index is -3.23. The molecule has 0 atom stereocenters. The predicted octanol–water partition coefficient (Wildman–Crippen LogP) is 3.50. The second kappa shape index (κ2) is 9.37. The van der Waals surface area contributed by atoms with E-state index >= 15 is 0 Å². The fourth-order valence-electron chi connectivity index (χ4n) is 3.39. The number of rotatable bonds is 10. The maximum atomic E-state index is 12.4. The topological polar surface area (TPSA) is 100 Å². The number of anilines is 1. The van der Waals surface area contributed by atoms with Crippen LogP contribution >= 0.6 is 0 Å². The summed E-state index contributed by atoms with van der Waals surface area (Å²) < 4.78 is 32.5. The molecule has 0 fully saturated rings. The lowest BCUT2D eigenvalue weighted by molar-refractivity contribution is 0.126. The van der Waals surface area contributed by atoms with E-state index in [0.717, 1.165) is 36.3 Å². The molecule has 0 unspecified atom stereocenters. The van der Waals surface area contributed by atoms with Gasteiger partial charge >= 0.3 is 0 Å². The van der Waals surface area contributed by atoms with Crippen molar-refractivity contribution in [1.29, 1.82) is 0 Å². The van der Waals surface area contributed by atoms with Crippen LogP contribution in [0.4, 0.5) is 5.82 Å². The number of nitrogen functional groups attached to an aromatic ring is 1. The number of benzene rings is 1. The van der Waals surface area contributed by atoms with E-state index in [-0.39, 0.29) is 5.75 Å². The Labute approximate surface area is 171 Å². The van der Waals surface area contributed by atoms with Gasteiger partial charge < -0.3 is 15.0 Å². The molecule has 0 aliphatic carbocycles. The van der Waals surface area contributed by atoms with Crippen LogP contribution in [0.3, 0.4) is 0 Å². The van der Waals surface area contributed by atoms with Gasteiger partial charge in [0.25, 0.3) is 0 Å². The molecule has 0 bridgehead atoms. The van der Waals surface area contributed by atoms with Gasteiger partial charge in [0, 0.05) is 19.3 Å². The van der Waals surface area contributed by atoms with Crippen molar-refractivity contribution in [2.45, 2.75) is 51.2 Å². The fraction of sp³-hybridized carbons (Fsp3) is 0.429. The van der Waals surface area contributed by atoms with Crippen molar-refractivity contribution in [1.82, 2.24) is 14.5 Å². The quantitative estimate of drug-likeness (QED) is 0.508. The maximum absolute atomic E-state index is 12.4. The lowest BCUT2D eigenvalue weighted by atomic mass is 10.2. The van der Waals surface area contributed by atoms with E-state index in [1.807, 2.05) is 19.9 Å². The molecule has 3 rings (SSSR count). The van der Waals surface area contributed by atoms with Crippen LogP contribution in [0.25, 0.3) is 11.0 Å². The predicted molar refractivity (Wildman–Crippen MR) is 114 cm³/mol. The number of nitrogens with zero attached hydrogens (tertiary/aromatic N) is 3. The van der Waals surface area contributed by atoms with E-state index in [1.54, 1.807) is 30.5 Å². The van der Waals surface area contributed by atoms with Gasteiger partial charge in [0.05, 0.1) is 16.2 Å². The first-order valence-corrected chi connectivity index (χ1v) is 11.5. The number of hydrogen-bond donors (Lipinski definition) is 1. The van der Waals surface area contributed by atoms with E-state index in [1.165, 1.54) is 0 Å². The monoisotopic (exact) mass is 416 g/mol. The number of sulfone groups is 1. The van der Waals surface area contributed by atoms with Crippen LogP contribution < -0.4 is 5.73 Å². The van der Waals surface area contributed by atoms with Gasteiger partial charge in [-0.3, -0.25) is 0 Å². The van der Waals surface area contributed by atoms with Gasteiger partial charge in [-0.2, -0.15) is 0 Å². The Balaban J connectivity index is 1.66. The first-order chi connectivity index (χ1) is 13.9. The molecule has 0 saturated carbocycles. The van der Waals surface area contributed by atoms with Gasteiger partial charge in [0.1, 0.15) is 17.9 Å². The van der Waals surface area contributed by atoms with Crippen molar-refractivity contribution >= 4 is 26.7 Å². The number of unbranched alkanes of at least 4 members (excludes halogenated alkanes) is 2.